The van der Waals surface area contributed by atoms with Crippen LogP contribution in [0.1, 0.15) is 18.5 Å². The third-order valence-electron chi connectivity index (χ3n) is 5.25. The summed E-state index contributed by atoms with van der Waals surface area (Å²) in [7, 11) is 5.03. The number of aliphatic imine (C=N–C) groups is 1. The van der Waals surface area contributed by atoms with Crippen molar-refractivity contribution in [3.05, 3.63) is 42.1 Å². The van der Waals surface area contributed by atoms with Crippen molar-refractivity contribution in [2.24, 2.45) is 4.99 Å². The highest BCUT2D eigenvalue weighted by Gasteiger charge is 2.24. The molecule has 1 aromatic heterocycles. The van der Waals surface area contributed by atoms with Gasteiger partial charge in [-0.05, 0) is 25.5 Å². The molecule has 1 atom stereocenters. The number of halogens is 1. The maximum absolute atomic E-state index is 12.2. The van der Waals surface area contributed by atoms with Crippen LogP contribution >= 0.6 is 24.0 Å². The Morgan fingerprint density at radius 3 is 2.58 bits per heavy atom. The molecule has 0 aliphatic carbocycles. The van der Waals surface area contributed by atoms with Crippen LogP contribution in [0.25, 0.3) is 0 Å². The van der Waals surface area contributed by atoms with Crippen LogP contribution in [0.2, 0.25) is 0 Å². The third-order valence-corrected chi connectivity index (χ3v) is 5.25. The summed E-state index contributed by atoms with van der Waals surface area (Å²) in [6.07, 6.45) is 1.29. The van der Waals surface area contributed by atoms with Crippen LogP contribution in [0.4, 0.5) is 11.5 Å². The Kier molecular flexibility index (Phi) is 10.5. The fourth-order valence-corrected chi connectivity index (χ4v) is 3.59. The molecule has 3 N–H and O–H groups in total. The van der Waals surface area contributed by atoms with Gasteiger partial charge in [0.1, 0.15) is 17.3 Å². The van der Waals surface area contributed by atoms with Gasteiger partial charge in [-0.3, -0.25) is 9.79 Å². The van der Waals surface area contributed by atoms with E-state index in [1.54, 1.807) is 27.3 Å². The topological polar surface area (TPSA) is 100 Å². The number of hydrogen-bond acceptors (Lipinski definition) is 6. The summed E-state index contributed by atoms with van der Waals surface area (Å²) in [6.45, 7) is 4.11. The minimum atomic E-state index is -0.0925. The summed E-state index contributed by atoms with van der Waals surface area (Å²) >= 11 is 0. The lowest BCUT2D eigenvalue weighted by molar-refractivity contribution is -0.116. The predicted molar refractivity (Wildman–Crippen MR) is 142 cm³/mol. The fourth-order valence-electron chi connectivity index (χ4n) is 3.59. The van der Waals surface area contributed by atoms with Gasteiger partial charge in [-0.25, -0.2) is 4.98 Å². The van der Waals surface area contributed by atoms with Crippen LogP contribution < -0.4 is 30.3 Å². The van der Waals surface area contributed by atoms with E-state index >= 15 is 0 Å². The number of benzene rings is 1. The quantitative estimate of drug-likeness (QED) is 0.256. The van der Waals surface area contributed by atoms with Crippen molar-refractivity contribution < 1.29 is 14.3 Å². The Morgan fingerprint density at radius 1 is 1.21 bits per heavy atom. The number of guanidine groups is 1. The molecule has 9 nitrogen and oxygen atoms in total. The number of hydrogen-bond donors (Lipinski definition) is 3. The van der Waals surface area contributed by atoms with E-state index in [9.17, 15) is 4.79 Å². The van der Waals surface area contributed by atoms with E-state index in [2.05, 4.69) is 30.8 Å². The van der Waals surface area contributed by atoms with Gasteiger partial charge in [0.15, 0.2) is 5.96 Å². The number of anilines is 2. The summed E-state index contributed by atoms with van der Waals surface area (Å²) in [5.41, 5.74) is 1.93. The zero-order valence-electron chi connectivity index (χ0n) is 19.6. The molecule has 33 heavy (non-hydrogen) atoms. The first kappa shape index (κ1) is 26.5. The molecule has 1 saturated heterocycles. The highest BCUT2D eigenvalue weighted by atomic mass is 127. The monoisotopic (exact) mass is 568 g/mol. The lowest BCUT2D eigenvalue weighted by atomic mass is 10.2. The van der Waals surface area contributed by atoms with Gasteiger partial charge in [0.25, 0.3) is 0 Å². The van der Waals surface area contributed by atoms with Crippen molar-refractivity contribution >= 4 is 47.3 Å². The summed E-state index contributed by atoms with van der Waals surface area (Å²) < 4.78 is 10.8. The Bertz CT molecular complexity index is 933. The number of methoxy groups -OCH3 is 2. The minimum absolute atomic E-state index is 0. The molecule has 180 valence electrons. The van der Waals surface area contributed by atoms with Gasteiger partial charge < -0.3 is 30.3 Å². The molecular formula is C23H33IN6O3. The molecule has 3 rings (SSSR count). The second-order valence-electron chi connectivity index (χ2n) is 7.61. The Labute approximate surface area is 212 Å². The van der Waals surface area contributed by atoms with Crippen LogP contribution in [0.15, 0.2) is 41.4 Å². The molecule has 0 saturated carbocycles. The molecule has 2 aromatic rings. The van der Waals surface area contributed by atoms with Gasteiger partial charge in [-0.1, -0.05) is 6.07 Å². The molecule has 1 aliphatic heterocycles. The number of nitrogens with zero attached hydrogens (tertiary/aromatic N) is 3. The van der Waals surface area contributed by atoms with Crippen molar-refractivity contribution in [2.45, 2.75) is 25.8 Å². The number of aryl methyl sites for hydroxylation is 1. The molecule has 1 fully saturated rings. The molecule has 1 aromatic carbocycles. The first-order valence-electron chi connectivity index (χ1n) is 10.7. The van der Waals surface area contributed by atoms with E-state index in [-0.39, 0.29) is 35.9 Å². The van der Waals surface area contributed by atoms with Crippen LogP contribution in [0.3, 0.4) is 0 Å². The Morgan fingerprint density at radius 2 is 1.94 bits per heavy atom. The van der Waals surface area contributed by atoms with Gasteiger partial charge in [0.05, 0.1) is 14.2 Å². The molecule has 1 unspecified atom stereocenters. The summed E-state index contributed by atoms with van der Waals surface area (Å²) in [5.74, 6) is 2.70. The predicted octanol–water partition coefficient (Wildman–Crippen LogP) is 2.80. The molecule has 0 spiro atoms. The summed E-state index contributed by atoms with van der Waals surface area (Å²) in [6, 6.07) is 11.7. The molecule has 2 heterocycles. The van der Waals surface area contributed by atoms with Crippen LogP contribution in [0.5, 0.6) is 11.5 Å². The van der Waals surface area contributed by atoms with Gasteiger partial charge >= 0.3 is 0 Å². The Balaban J connectivity index is 0.00000385. The number of pyridine rings is 1. The standard InChI is InChI=1S/C23H32N6O3.HI/c1-16-6-5-7-21(26-16)28-22(30)8-10-25-23(24-2)27-17-9-11-29(15-17)18-12-19(31-3)14-20(13-18)32-4;/h5-7,12-14,17H,8-11,15H2,1-4H3,(H2,24,25,27)(H,26,28,30);1H. The van der Waals surface area contributed by atoms with E-state index in [1.165, 1.54) is 0 Å². The second kappa shape index (κ2) is 13.1. The average Bonchev–Trinajstić information content (AvgIpc) is 3.26. The van der Waals surface area contributed by atoms with Crippen LogP contribution in [0, 0.1) is 6.92 Å². The lowest BCUT2D eigenvalue weighted by Gasteiger charge is -2.21. The third kappa shape index (κ3) is 7.95. The highest BCUT2D eigenvalue weighted by Crippen LogP contribution is 2.30. The number of amides is 1. The second-order valence-corrected chi connectivity index (χ2v) is 7.61. The summed E-state index contributed by atoms with van der Waals surface area (Å²) in [5, 5.41) is 9.47. The number of nitrogens with one attached hydrogen (secondary N) is 3. The number of carbonyl (C=O) groups is 1. The van der Waals surface area contributed by atoms with E-state index in [0.717, 1.165) is 42.4 Å². The Hall–Kier alpha value is -2.76. The average molecular weight is 568 g/mol. The summed E-state index contributed by atoms with van der Waals surface area (Å²) in [4.78, 5) is 23.0. The highest BCUT2D eigenvalue weighted by molar-refractivity contribution is 14.0. The SMILES string of the molecule is CN=C(NCCC(=O)Nc1cccc(C)n1)NC1CCN(c2cc(OC)cc(OC)c2)C1.I. The zero-order valence-corrected chi connectivity index (χ0v) is 21.9. The van der Waals surface area contributed by atoms with Crippen molar-refractivity contribution in [2.75, 3.05) is 51.1 Å². The van der Waals surface area contributed by atoms with E-state index in [1.807, 2.05) is 37.3 Å². The molecule has 1 aliphatic rings. The zero-order chi connectivity index (χ0) is 22.9. The van der Waals surface area contributed by atoms with Crippen LogP contribution in [-0.4, -0.2) is 63.8 Å². The first-order valence-corrected chi connectivity index (χ1v) is 10.7. The van der Waals surface area contributed by atoms with Gasteiger partial charge in [-0.2, -0.15) is 0 Å². The molecular weight excluding hydrogens is 535 g/mol. The van der Waals surface area contributed by atoms with E-state index in [4.69, 9.17) is 9.47 Å². The van der Waals surface area contributed by atoms with E-state index < -0.39 is 0 Å². The number of ether oxygens (including phenoxy) is 2. The van der Waals surface area contributed by atoms with Gasteiger partial charge in [0.2, 0.25) is 5.91 Å². The van der Waals surface area contributed by atoms with Crippen molar-refractivity contribution in [1.29, 1.82) is 0 Å². The lowest BCUT2D eigenvalue weighted by Crippen LogP contribution is -2.45. The number of carbonyl (C=O) groups excluding carboxylic acids is 1. The van der Waals surface area contributed by atoms with Crippen molar-refractivity contribution in [3.63, 3.8) is 0 Å². The maximum atomic E-state index is 12.2. The van der Waals surface area contributed by atoms with Gasteiger partial charge in [-0.15, -0.1) is 24.0 Å². The number of rotatable bonds is 8. The van der Waals surface area contributed by atoms with Gasteiger partial charge in [0, 0.05) is 68.7 Å². The molecule has 0 radical (unpaired) electrons. The van der Waals surface area contributed by atoms with Crippen molar-refractivity contribution in [3.8, 4) is 11.5 Å². The maximum Gasteiger partial charge on any atom is 0.227 e. The molecule has 10 heteroatoms. The normalized spacial score (nSPS) is 15.5. The minimum Gasteiger partial charge on any atom is -0.497 e. The molecule has 1 amide bonds. The largest absolute Gasteiger partial charge is 0.497 e. The fraction of sp³-hybridized carbons (Fsp3) is 0.435. The van der Waals surface area contributed by atoms with Crippen molar-refractivity contribution in [1.82, 2.24) is 15.6 Å². The number of aromatic nitrogens is 1. The van der Waals surface area contributed by atoms with Crippen LogP contribution in [-0.2, 0) is 4.79 Å². The smallest absolute Gasteiger partial charge is 0.227 e. The van der Waals surface area contributed by atoms with E-state index in [0.29, 0.717) is 24.7 Å². The first-order chi connectivity index (χ1) is 15.5. The molecule has 0 bridgehead atoms.